The maximum Gasteiger partial charge on any atom is 0.226 e. The Morgan fingerprint density at radius 1 is 1.41 bits per heavy atom. The van der Waals surface area contributed by atoms with E-state index in [1.165, 1.54) is 6.07 Å². The van der Waals surface area contributed by atoms with E-state index in [2.05, 4.69) is 0 Å². The molecule has 0 radical (unpaired) electrons. The molecule has 1 fully saturated rings. The van der Waals surface area contributed by atoms with E-state index in [1.54, 1.807) is 18.0 Å². The molecule has 22 heavy (non-hydrogen) atoms. The maximum atomic E-state index is 13.7. The molecule has 1 aliphatic rings. The smallest absolute Gasteiger partial charge is 0.226 e. The summed E-state index contributed by atoms with van der Waals surface area (Å²) >= 11 is 0. The van der Waals surface area contributed by atoms with Crippen LogP contribution in [0.3, 0.4) is 0 Å². The third-order valence-corrected chi connectivity index (χ3v) is 4.08. The summed E-state index contributed by atoms with van der Waals surface area (Å²) in [4.78, 5) is 14.0. The molecule has 0 bridgehead atoms. The van der Waals surface area contributed by atoms with Crippen LogP contribution in [0.1, 0.15) is 31.7 Å². The topological polar surface area (TPSA) is 46.3 Å². The van der Waals surface area contributed by atoms with Gasteiger partial charge < -0.3 is 10.6 Å². The molecule has 0 spiro atoms. The zero-order valence-electron chi connectivity index (χ0n) is 13.1. The molecule has 1 saturated carbocycles. The average molecular weight is 333 g/mol. The van der Waals surface area contributed by atoms with Gasteiger partial charge in [-0.15, -0.1) is 12.4 Å². The van der Waals surface area contributed by atoms with Crippen LogP contribution in [0.5, 0.6) is 0 Å². The summed E-state index contributed by atoms with van der Waals surface area (Å²) in [6.45, 7) is 5.02. The summed E-state index contributed by atoms with van der Waals surface area (Å²) in [6, 6.07) is 4.13. The van der Waals surface area contributed by atoms with Crippen molar-refractivity contribution in [3.63, 3.8) is 0 Å². The number of carbonyl (C=O) groups is 1. The van der Waals surface area contributed by atoms with E-state index < -0.39 is 11.6 Å². The number of rotatable bonds is 5. The lowest BCUT2D eigenvalue weighted by Crippen LogP contribution is -2.40. The Morgan fingerprint density at radius 3 is 2.64 bits per heavy atom. The lowest BCUT2D eigenvalue weighted by molar-refractivity contribution is -0.132. The van der Waals surface area contributed by atoms with Crippen molar-refractivity contribution < 1.29 is 13.6 Å². The molecule has 3 nitrogen and oxygen atoms in total. The fraction of sp³-hybridized carbons (Fsp3) is 0.562. The summed E-state index contributed by atoms with van der Waals surface area (Å²) in [7, 11) is 1.73. The van der Waals surface area contributed by atoms with Gasteiger partial charge in [-0.3, -0.25) is 4.79 Å². The molecule has 0 heterocycles. The first-order valence-corrected chi connectivity index (χ1v) is 7.16. The van der Waals surface area contributed by atoms with Crippen LogP contribution in [0.2, 0.25) is 0 Å². The molecular weight excluding hydrogens is 310 g/mol. The number of nitrogens with two attached hydrogens (primary N) is 1. The van der Waals surface area contributed by atoms with Crippen molar-refractivity contribution in [2.75, 3.05) is 20.1 Å². The average Bonchev–Trinajstić information content (AvgIpc) is 3.20. The Labute approximate surface area is 136 Å². The second-order valence-electron chi connectivity index (χ2n) is 6.65. The molecule has 2 rings (SSSR count). The molecular formula is C16H23ClF2N2O. The highest BCUT2D eigenvalue weighted by atomic mass is 35.5. The van der Waals surface area contributed by atoms with Crippen molar-refractivity contribution >= 4 is 18.3 Å². The fourth-order valence-corrected chi connectivity index (χ4v) is 2.69. The van der Waals surface area contributed by atoms with E-state index in [4.69, 9.17) is 5.73 Å². The standard InChI is InChI=1S/C16H22F2N2O.ClH/c1-16(2,8-19)9-20(3)15(21)12-7-11(12)10-5-4-6-13(17)14(10)18;/h4-6,11-12H,7-9,19H2,1-3H3;1H. The van der Waals surface area contributed by atoms with E-state index in [-0.39, 0.29) is 35.6 Å². The molecule has 1 aromatic rings. The molecule has 0 saturated heterocycles. The molecule has 2 atom stereocenters. The van der Waals surface area contributed by atoms with Crippen LogP contribution in [0.25, 0.3) is 0 Å². The molecule has 0 aliphatic heterocycles. The summed E-state index contributed by atoms with van der Waals surface area (Å²) in [5.41, 5.74) is 5.82. The van der Waals surface area contributed by atoms with Crippen molar-refractivity contribution in [3.05, 3.63) is 35.4 Å². The third kappa shape index (κ3) is 3.96. The van der Waals surface area contributed by atoms with Gasteiger partial charge in [-0.1, -0.05) is 26.0 Å². The minimum Gasteiger partial charge on any atom is -0.345 e. The maximum absolute atomic E-state index is 13.7. The van der Waals surface area contributed by atoms with Gasteiger partial charge in [0.15, 0.2) is 11.6 Å². The highest BCUT2D eigenvalue weighted by molar-refractivity contribution is 5.85. The van der Waals surface area contributed by atoms with Gasteiger partial charge in [0.05, 0.1) is 0 Å². The second kappa shape index (κ2) is 6.92. The van der Waals surface area contributed by atoms with Crippen LogP contribution in [0.15, 0.2) is 18.2 Å². The largest absolute Gasteiger partial charge is 0.345 e. The number of amides is 1. The van der Waals surface area contributed by atoms with Crippen LogP contribution < -0.4 is 5.73 Å². The first-order chi connectivity index (χ1) is 9.76. The number of carbonyl (C=O) groups excluding carboxylic acids is 1. The van der Waals surface area contributed by atoms with Gasteiger partial charge in [0.1, 0.15) is 0 Å². The quantitative estimate of drug-likeness (QED) is 0.901. The summed E-state index contributed by atoms with van der Waals surface area (Å²) in [6.07, 6.45) is 0.576. The molecule has 1 aliphatic carbocycles. The Balaban J connectivity index is 0.00000242. The highest BCUT2D eigenvalue weighted by Crippen LogP contribution is 2.49. The zero-order chi connectivity index (χ0) is 15.8. The molecule has 1 aromatic carbocycles. The lowest BCUT2D eigenvalue weighted by Gasteiger charge is -2.29. The van der Waals surface area contributed by atoms with Crippen molar-refractivity contribution in [1.82, 2.24) is 4.90 Å². The van der Waals surface area contributed by atoms with Gasteiger partial charge in [0.2, 0.25) is 5.91 Å². The van der Waals surface area contributed by atoms with Crippen LogP contribution in [0.4, 0.5) is 8.78 Å². The molecule has 2 N–H and O–H groups in total. The Bertz CT molecular complexity index is 551. The third-order valence-electron chi connectivity index (χ3n) is 4.08. The van der Waals surface area contributed by atoms with Gasteiger partial charge in [-0.2, -0.15) is 0 Å². The SMILES string of the molecule is CN(CC(C)(C)CN)C(=O)C1CC1c1cccc(F)c1F.Cl. The van der Waals surface area contributed by atoms with Crippen LogP contribution in [0, 0.1) is 23.0 Å². The molecule has 6 heteroatoms. The van der Waals surface area contributed by atoms with Crippen molar-refractivity contribution in [1.29, 1.82) is 0 Å². The van der Waals surface area contributed by atoms with E-state index in [9.17, 15) is 13.6 Å². The second-order valence-corrected chi connectivity index (χ2v) is 6.65. The molecule has 124 valence electrons. The minimum atomic E-state index is -0.858. The van der Waals surface area contributed by atoms with Crippen LogP contribution in [-0.2, 0) is 4.79 Å². The number of hydrogen-bond donors (Lipinski definition) is 1. The predicted molar refractivity (Wildman–Crippen MR) is 84.9 cm³/mol. The lowest BCUT2D eigenvalue weighted by atomic mass is 9.93. The number of nitrogens with zero attached hydrogens (tertiary/aromatic N) is 1. The van der Waals surface area contributed by atoms with Gasteiger partial charge >= 0.3 is 0 Å². The van der Waals surface area contributed by atoms with Gasteiger partial charge in [0.25, 0.3) is 0 Å². The Hall–Kier alpha value is -1.20. The fourth-order valence-electron chi connectivity index (χ4n) is 2.69. The highest BCUT2D eigenvalue weighted by Gasteiger charge is 2.47. The normalized spacial score (nSPS) is 20.3. The van der Waals surface area contributed by atoms with E-state index in [0.29, 0.717) is 25.1 Å². The summed E-state index contributed by atoms with van der Waals surface area (Å²) in [5, 5.41) is 0. The van der Waals surface area contributed by atoms with E-state index in [0.717, 1.165) is 6.07 Å². The summed E-state index contributed by atoms with van der Waals surface area (Å²) in [5.74, 6) is -2.17. The first kappa shape index (κ1) is 18.8. The molecule has 0 aromatic heterocycles. The van der Waals surface area contributed by atoms with Crippen molar-refractivity contribution in [3.8, 4) is 0 Å². The Morgan fingerprint density at radius 2 is 2.05 bits per heavy atom. The Kier molecular flexibility index (Phi) is 5.93. The first-order valence-electron chi connectivity index (χ1n) is 7.16. The summed E-state index contributed by atoms with van der Waals surface area (Å²) < 4.78 is 27.0. The number of hydrogen-bond acceptors (Lipinski definition) is 2. The molecule has 1 amide bonds. The zero-order valence-corrected chi connectivity index (χ0v) is 13.9. The minimum absolute atomic E-state index is 0. The monoisotopic (exact) mass is 332 g/mol. The predicted octanol–water partition coefficient (Wildman–Crippen LogP) is 2.93. The van der Waals surface area contributed by atoms with Crippen molar-refractivity contribution in [2.24, 2.45) is 17.1 Å². The van der Waals surface area contributed by atoms with Gasteiger partial charge in [-0.25, -0.2) is 8.78 Å². The van der Waals surface area contributed by atoms with Gasteiger partial charge in [0, 0.05) is 19.5 Å². The van der Waals surface area contributed by atoms with Crippen LogP contribution >= 0.6 is 12.4 Å². The van der Waals surface area contributed by atoms with Gasteiger partial charge in [-0.05, 0) is 35.9 Å². The number of benzene rings is 1. The van der Waals surface area contributed by atoms with E-state index >= 15 is 0 Å². The van der Waals surface area contributed by atoms with E-state index in [1.807, 2.05) is 13.8 Å². The van der Waals surface area contributed by atoms with Crippen molar-refractivity contribution in [2.45, 2.75) is 26.2 Å². The number of halogens is 3. The molecule has 2 unspecified atom stereocenters. The van der Waals surface area contributed by atoms with Crippen LogP contribution in [-0.4, -0.2) is 30.9 Å².